The van der Waals surface area contributed by atoms with Crippen molar-refractivity contribution in [3.8, 4) is 0 Å². The highest BCUT2D eigenvalue weighted by molar-refractivity contribution is 5.23. The SMILES string of the molecule is NCC(c1cc(F)cc(F)c1)C(O)C1CCCOC1. The zero-order valence-electron chi connectivity index (χ0n) is 10.7. The van der Waals surface area contributed by atoms with Gasteiger partial charge in [0.1, 0.15) is 11.6 Å². The highest BCUT2D eigenvalue weighted by Gasteiger charge is 2.30. The molecule has 0 spiro atoms. The molecule has 0 amide bonds. The van der Waals surface area contributed by atoms with Gasteiger partial charge >= 0.3 is 0 Å². The van der Waals surface area contributed by atoms with E-state index >= 15 is 0 Å². The van der Waals surface area contributed by atoms with Gasteiger partial charge in [0.05, 0.1) is 12.7 Å². The van der Waals surface area contributed by atoms with E-state index in [2.05, 4.69) is 0 Å². The summed E-state index contributed by atoms with van der Waals surface area (Å²) in [5.74, 6) is -1.81. The van der Waals surface area contributed by atoms with Gasteiger partial charge in [-0.05, 0) is 30.5 Å². The smallest absolute Gasteiger partial charge is 0.126 e. The summed E-state index contributed by atoms with van der Waals surface area (Å²) in [4.78, 5) is 0. The number of aliphatic hydroxyl groups excluding tert-OH is 1. The zero-order chi connectivity index (χ0) is 13.8. The topological polar surface area (TPSA) is 55.5 Å². The Morgan fingerprint density at radius 3 is 2.53 bits per heavy atom. The van der Waals surface area contributed by atoms with Crippen molar-refractivity contribution in [2.24, 2.45) is 11.7 Å². The van der Waals surface area contributed by atoms with Crippen molar-refractivity contribution in [3.63, 3.8) is 0 Å². The van der Waals surface area contributed by atoms with Crippen LogP contribution in [-0.2, 0) is 4.74 Å². The number of ether oxygens (including phenoxy) is 1. The van der Waals surface area contributed by atoms with E-state index in [-0.39, 0.29) is 12.5 Å². The van der Waals surface area contributed by atoms with Crippen LogP contribution in [0.4, 0.5) is 8.78 Å². The molecule has 0 saturated carbocycles. The lowest BCUT2D eigenvalue weighted by Gasteiger charge is -2.32. The number of aliphatic hydroxyl groups is 1. The molecule has 106 valence electrons. The molecule has 3 N–H and O–H groups in total. The number of nitrogens with two attached hydrogens (primary N) is 1. The van der Waals surface area contributed by atoms with Crippen LogP contribution >= 0.6 is 0 Å². The molecule has 5 heteroatoms. The molecule has 0 radical (unpaired) electrons. The molecule has 3 atom stereocenters. The van der Waals surface area contributed by atoms with Crippen LogP contribution in [0, 0.1) is 17.6 Å². The number of benzene rings is 1. The quantitative estimate of drug-likeness (QED) is 0.878. The van der Waals surface area contributed by atoms with Crippen LogP contribution in [0.25, 0.3) is 0 Å². The number of halogens is 2. The Hall–Kier alpha value is -1.04. The molecular formula is C14H19F2NO2. The lowest BCUT2D eigenvalue weighted by molar-refractivity contribution is -0.0185. The molecule has 1 fully saturated rings. The summed E-state index contributed by atoms with van der Waals surface area (Å²) < 4.78 is 31.8. The third kappa shape index (κ3) is 3.49. The first-order valence-corrected chi connectivity index (χ1v) is 6.53. The lowest BCUT2D eigenvalue weighted by atomic mass is 9.83. The van der Waals surface area contributed by atoms with E-state index in [1.54, 1.807) is 0 Å². The summed E-state index contributed by atoms with van der Waals surface area (Å²) in [6.45, 7) is 1.31. The van der Waals surface area contributed by atoms with E-state index in [9.17, 15) is 13.9 Å². The van der Waals surface area contributed by atoms with Crippen LogP contribution in [-0.4, -0.2) is 31.0 Å². The van der Waals surface area contributed by atoms with Crippen molar-refractivity contribution < 1.29 is 18.6 Å². The van der Waals surface area contributed by atoms with E-state index in [4.69, 9.17) is 10.5 Å². The van der Waals surface area contributed by atoms with Gasteiger partial charge in [0.2, 0.25) is 0 Å². The maximum Gasteiger partial charge on any atom is 0.126 e. The van der Waals surface area contributed by atoms with Crippen molar-refractivity contribution in [1.29, 1.82) is 0 Å². The zero-order valence-corrected chi connectivity index (χ0v) is 10.7. The summed E-state index contributed by atoms with van der Waals surface area (Å²) in [6.07, 6.45) is 0.984. The van der Waals surface area contributed by atoms with Gasteiger partial charge in [-0.15, -0.1) is 0 Å². The van der Waals surface area contributed by atoms with E-state index < -0.39 is 23.7 Å². The average Bonchev–Trinajstić information content (AvgIpc) is 2.39. The molecule has 2 rings (SSSR count). The van der Waals surface area contributed by atoms with Crippen molar-refractivity contribution in [3.05, 3.63) is 35.4 Å². The van der Waals surface area contributed by atoms with Crippen LogP contribution in [0.1, 0.15) is 24.3 Å². The maximum atomic E-state index is 13.2. The molecule has 0 aliphatic carbocycles. The molecule has 19 heavy (non-hydrogen) atoms. The average molecular weight is 271 g/mol. The van der Waals surface area contributed by atoms with E-state index in [1.807, 2.05) is 0 Å². The summed E-state index contributed by atoms with van der Waals surface area (Å²) >= 11 is 0. The van der Waals surface area contributed by atoms with Crippen molar-refractivity contribution in [2.45, 2.75) is 24.9 Å². The van der Waals surface area contributed by atoms with Crippen molar-refractivity contribution >= 4 is 0 Å². The molecule has 1 saturated heterocycles. The minimum Gasteiger partial charge on any atom is -0.392 e. The van der Waals surface area contributed by atoms with Gasteiger partial charge in [0.15, 0.2) is 0 Å². The van der Waals surface area contributed by atoms with Gasteiger partial charge < -0.3 is 15.6 Å². The van der Waals surface area contributed by atoms with Crippen LogP contribution in [0.5, 0.6) is 0 Å². The molecule has 1 aliphatic heterocycles. The number of hydrogen-bond donors (Lipinski definition) is 2. The minimum atomic E-state index is -0.744. The molecule has 0 bridgehead atoms. The summed E-state index contributed by atoms with van der Waals surface area (Å²) in [5, 5.41) is 10.4. The van der Waals surface area contributed by atoms with Gasteiger partial charge in [-0.2, -0.15) is 0 Å². The van der Waals surface area contributed by atoms with Crippen molar-refractivity contribution in [2.75, 3.05) is 19.8 Å². The second-order valence-electron chi connectivity index (χ2n) is 5.01. The van der Waals surface area contributed by atoms with E-state index in [0.717, 1.165) is 18.9 Å². The lowest BCUT2D eigenvalue weighted by Crippen LogP contribution is -2.36. The summed E-state index contributed by atoms with van der Waals surface area (Å²) in [6, 6.07) is 3.27. The molecule has 3 nitrogen and oxygen atoms in total. The molecule has 0 aromatic heterocycles. The van der Waals surface area contributed by atoms with Crippen LogP contribution in [0.2, 0.25) is 0 Å². The monoisotopic (exact) mass is 271 g/mol. The molecular weight excluding hydrogens is 252 g/mol. The fraction of sp³-hybridized carbons (Fsp3) is 0.571. The van der Waals surface area contributed by atoms with Gasteiger partial charge in [-0.25, -0.2) is 8.78 Å². The molecule has 1 aromatic rings. The maximum absolute atomic E-state index is 13.2. The van der Waals surface area contributed by atoms with Gasteiger partial charge in [-0.3, -0.25) is 0 Å². The Balaban J connectivity index is 2.17. The van der Waals surface area contributed by atoms with Crippen LogP contribution in [0.3, 0.4) is 0 Å². The van der Waals surface area contributed by atoms with E-state index in [0.29, 0.717) is 18.8 Å². The first-order valence-electron chi connectivity index (χ1n) is 6.53. The summed E-state index contributed by atoms with van der Waals surface area (Å²) in [7, 11) is 0. The molecule has 1 aliphatic rings. The Bertz CT molecular complexity index is 402. The fourth-order valence-corrected chi connectivity index (χ4v) is 2.63. The normalized spacial score (nSPS) is 23.1. The molecule has 1 heterocycles. The fourth-order valence-electron chi connectivity index (χ4n) is 2.63. The Kier molecular flexibility index (Phi) is 4.85. The highest BCUT2D eigenvalue weighted by Crippen LogP contribution is 2.29. The Labute approximate surface area is 111 Å². The predicted octanol–water partition coefficient (Wildman–Crippen LogP) is 1.79. The second-order valence-corrected chi connectivity index (χ2v) is 5.01. The highest BCUT2D eigenvalue weighted by atomic mass is 19.1. The second kappa shape index (κ2) is 6.41. The summed E-state index contributed by atoms with van der Waals surface area (Å²) in [5.41, 5.74) is 6.07. The molecule has 1 aromatic carbocycles. The first-order chi connectivity index (χ1) is 9.11. The van der Waals surface area contributed by atoms with Crippen LogP contribution in [0.15, 0.2) is 18.2 Å². The largest absolute Gasteiger partial charge is 0.392 e. The van der Waals surface area contributed by atoms with Crippen molar-refractivity contribution in [1.82, 2.24) is 0 Å². The van der Waals surface area contributed by atoms with Gasteiger partial charge in [0.25, 0.3) is 0 Å². The van der Waals surface area contributed by atoms with Gasteiger partial charge in [0, 0.05) is 31.1 Å². The third-order valence-electron chi connectivity index (χ3n) is 3.66. The van der Waals surface area contributed by atoms with Gasteiger partial charge in [-0.1, -0.05) is 0 Å². The Morgan fingerprint density at radius 2 is 2.00 bits per heavy atom. The first kappa shape index (κ1) is 14.4. The Morgan fingerprint density at radius 1 is 1.32 bits per heavy atom. The molecule has 3 unspecified atom stereocenters. The standard InChI is InChI=1S/C14H19F2NO2/c15-11-4-10(5-12(16)6-11)13(7-17)14(18)9-2-1-3-19-8-9/h4-6,9,13-14,18H,1-3,7-8,17H2. The number of hydrogen-bond acceptors (Lipinski definition) is 3. The third-order valence-corrected chi connectivity index (χ3v) is 3.66. The van der Waals surface area contributed by atoms with E-state index in [1.165, 1.54) is 12.1 Å². The predicted molar refractivity (Wildman–Crippen MR) is 67.7 cm³/mol. The number of rotatable bonds is 4. The van der Waals surface area contributed by atoms with Crippen LogP contribution < -0.4 is 5.73 Å². The minimum absolute atomic E-state index is 0.0337.